The lowest BCUT2D eigenvalue weighted by atomic mass is 10.2. The first-order valence-corrected chi connectivity index (χ1v) is 8.91. The van der Waals surface area contributed by atoms with E-state index in [9.17, 15) is 12.8 Å². The van der Waals surface area contributed by atoms with Crippen LogP contribution >= 0.6 is 0 Å². The Balaban J connectivity index is 2.23. The van der Waals surface area contributed by atoms with Gasteiger partial charge in [0.15, 0.2) is 0 Å². The van der Waals surface area contributed by atoms with Crippen LogP contribution in [0.3, 0.4) is 0 Å². The summed E-state index contributed by atoms with van der Waals surface area (Å²) in [6.07, 6.45) is 0.319. The molecule has 1 heterocycles. The Kier molecular flexibility index (Phi) is 3.95. The lowest BCUT2D eigenvalue weighted by Crippen LogP contribution is -2.11. The minimum absolute atomic E-state index is 0.358. The molecule has 0 aliphatic rings. The quantitative estimate of drug-likeness (QED) is 0.682. The summed E-state index contributed by atoms with van der Waals surface area (Å²) in [6, 6.07) is 15.6. The van der Waals surface area contributed by atoms with Crippen LogP contribution in [0.25, 0.3) is 16.6 Å². The van der Waals surface area contributed by atoms with Crippen molar-refractivity contribution in [1.82, 2.24) is 4.57 Å². The van der Waals surface area contributed by atoms with Crippen molar-refractivity contribution in [3.05, 3.63) is 66.1 Å². The van der Waals surface area contributed by atoms with E-state index in [0.29, 0.717) is 11.4 Å². The Hall–Kier alpha value is -2.18. The highest BCUT2D eigenvalue weighted by Gasteiger charge is 2.20. The van der Waals surface area contributed by atoms with Crippen LogP contribution in [0.4, 0.5) is 4.39 Å². The number of para-hydroxylation sites is 1. The average Bonchev–Trinajstić information content (AvgIpc) is 2.85. The van der Waals surface area contributed by atoms with E-state index in [1.165, 1.54) is 12.1 Å². The standard InChI is InChI=1S/C17H16FNO3S/c1-12(22-23(2,20)21)17-10-13-6-3-4-9-16(13)19(17)15-8-5-7-14(18)11-15/h3-12H,1-2H3. The van der Waals surface area contributed by atoms with Crippen molar-refractivity contribution in [3.63, 3.8) is 0 Å². The number of hydrogen-bond donors (Lipinski definition) is 0. The fourth-order valence-electron chi connectivity index (χ4n) is 2.69. The summed E-state index contributed by atoms with van der Waals surface area (Å²) < 4.78 is 43.4. The first kappa shape index (κ1) is 15.7. The summed E-state index contributed by atoms with van der Waals surface area (Å²) >= 11 is 0. The van der Waals surface area contributed by atoms with Gasteiger partial charge in [0.2, 0.25) is 0 Å². The maximum absolute atomic E-state index is 13.6. The van der Waals surface area contributed by atoms with Gasteiger partial charge in [-0.3, -0.25) is 4.18 Å². The van der Waals surface area contributed by atoms with Gasteiger partial charge in [0, 0.05) is 11.1 Å². The molecule has 1 aromatic heterocycles. The van der Waals surface area contributed by atoms with Gasteiger partial charge in [0.1, 0.15) is 11.9 Å². The topological polar surface area (TPSA) is 48.3 Å². The zero-order valence-corrected chi connectivity index (χ0v) is 13.5. The van der Waals surface area contributed by atoms with Crippen LogP contribution in [-0.2, 0) is 14.3 Å². The fraction of sp³-hybridized carbons (Fsp3) is 0.176. The largest absolute Gasteiger partial charge is 0.311 e. The molecule has 2 aromatic carbocycles. The maximum atomic E-state index is 13.6. The van der Waals surface area contributed by atoms with Gasteiger partial charge in [-0.25, -0.2) is 4.39 Å². The summed E-state index contributed by atoms with van der Waals surface area (Å²) in [7, 11) is -3.60. The van der Waals surface area contributed by atoms with E-state index in [2.05, 4.69) is 0 Å². The molecule has 1 unspecified atom stereocenters. The van der Waals surface area contributed by atoms with Crippen LogP contribution in [0.5, 0.6) is 0 Å². The van der Waals surface area contributed by atoms with Gasteiger partial charge < -0.3 is 4.57 Å². The van der Waals surface area contributed by atoms with E-state index in [4.69, 9.17) is 4.18 Å². The number of hydrogen-bond acceptors (Lipinski definition) is 3. The molecular formula is C17H16FNO3S. The zero-order valence-electron chi connectivity index (χ0n) is 12.7. The van der Waals surface area contributed by atoms with Gasteiger partial charge >= 0.3 is 0 Å². The van der Waals surface area contributed by atoms with Crippen LogP contribution in [0, 0.1) is 5.82 Å². The van der Waals surface area contributed by atoms with Crippen molar-refractivity contribution in [2.75, 3.05) is 6.26 Å². The molecule has 0 saturated carbocycles. The smallest absolute Gasteiger partial charge is 0.265 e. The Morgan fingerprint density at radius 3 is 2.52 bits per heavy atom. The van der Waals surface area contributed by atoms with Crippen molar-refractivity contribution >= 4 is 21.0 Å². The summed E-state index contributed by atoms with van der Waals surface area (Å²) in [5.41, 5.74) is 2.12. The maximum Gasteiger partial charge on any atom is 0.265 e. The molecule has 1 atom stereocenters. The van der Waals surface area contributed by atoms with Crippen LogP contribution < -0.4 is 0 Å². The zero-order chi connectivity index (χ0) is 16.6. The van der Waals surface area contributed by atoms with Crippen LogP contribution in [0.1, 0.15) is 18.7 Å². The van der Waals surface area contributed by atoms with Crippen molar-refractivity contribution in [2.45, 2.75) is 13.0 Å². The highest BCUT2D eigenvalue weighted by molar-refractivity contribution is 7.86. The minimum Gasteiger partial charge on any atom is -0.311 e. The normalized spacial score (nSPS) is 13.3. The number of fused-ring (bicyclic) bond motifs is 1. The monoisotopic (exact) mass is 333 g/mol. The third kappa shape index (κ3) is 3.28. The van der Waals surface area contributed by atoms with Crippen molar-refractivity contribution in [2.24, 2.45) is 0 Å². The molecule has 0 fully saturated rings. The molecule has 0 radical (unpaired) electrons. The van der Waals surface area contributed by atoms with Crippen LogP contribution in [-0.4, -0.2) is 19.2 Å². The van der Waals surface area contributed by atoms with Crippen LogP contribution in [0.2, 0.25) is 0 Å². The van der Waals surface area contributed by atoms with Gasteiger partial charge in [0.05, 0.1) is 17.5 Å². The molecule has 4 nitrogen and oxygen atoms in total. The molecule has 0 amide bonds. The highest BCUT2D eigenvalue weighted by atomic mass is 32.2. The second-order valence-corrected chi connectivity index (χ2v) is 6.99. The molecule has 0 N–H and O–H groups in total. The Morgan fingerprint density at radius 1 is 1.09 bits per heavy atom. The number of rotatable bonds is 4. The minimum atomic E-state index is -3.60. The highest BCUT2D eigenvalue weighted by Crippen LogP contribution is 2.30. The van der Waals surface area contributed by atoms with E-state index in [0.717, 1.165) is 17.2 Å². The third-order valence-electron chi connectivity index (χ3n) is 3.54. The predicted octanol–water partition coefficient (Wildman–Crippen LogP) is 3.81. The van der Waals surface area contributed by atoms with E-state index in [-0.39, 0.29) is 5.82 Å². The Labute approximate surface area is 134 Å². The molecule has 23 heavy (non-hydrogen) atoms. The van der Waals surface area contributed by atoms with Gasteiger partial charge in [-0.05, 0) is 37.3 Å². The van der Waals surface area contributed by atoms with Crippen molar-refractivity contribution < 1.29 is 17.0 Å². The van der Waals surface area contributed by atoms with Crippen LogP contribution in [0.15, 0.2) is 54.6 Å². The predicted molar refractivity (Wildman–Crippen MR) is 87.6 cm³/mol. The molecular weight excluding hydrogens is 317 g/mol. The van der Waals surface area contributed by atoms with E-state index in [1.54, 1.807) is 19.1 Å². The fourth-order valence-corrected chi connectivity index (χ4v) is 3.31. The first-order chi connectivity index (χ1) is 10.8. The van der Waals surface area contributed by atoms with E-state index >= 15 is 0 Å². The lowest BCUT2D eigenvalue weighted by molar-refractivity contribution is 0.230. The molecule has 3 rings (SSSR count). The van der Waals surface area contributed by atoms with Crippen molar-refractivity contribution in [3.8, 4) is 5.69 Å². The lowest BCUT2D eigenvalue weighted by Gasteiger charge is -2.16. The second-order valence-electron chi connectivity index (χ2n) is 5.39. The Morgan fingerprint density at radius 2 is 1.83 bits per heavy atom. The average molecular weight is 333 g/mol. The molecule has 0 aliphatic heterocycles. The molecule has 0 aliphatic carbocycles. The Bertz CT molecular complexity index is 963. The molecule has 6 heteroatoms. The van der Waals surface area contributed by atoms with E-state index in [1.807, 2.05) is 34.9 Å². The summed E-state index contributed by atoms with van der Waals surface area (Å²) in [5, 5.41) is 0.927. The molecule has 0 saturated heterocycles. The molecule has 120 valence electrons. The second kappa shape index (κ2) is 5.79. The van der Waals surface area contributed by atoms with Crippen molar-refractivity contribution in [1.29, 1.82) is 0 Å². The summed E-state index contributed by atoms with van der Waals surface area (Å²) in [5.74, 6) is -0.358. The van der Waals surface area contributed by atoms with Gasteiger partial charge in [0.25, 0.3) is 10.1 Å². The number of aromatic nitrogens is 1. The SMILES string of the molecule is CC(OS(C)(=O)=O)c1cc2ccccc2n1-c1cccc(F)c1. The first-order valence-electron chi connectivity index (χ1n) is 7.10. The summed E-state index contributed by atoms with van der Waals surface area (Å²) in [4.78, 5) is 0. The van der Waals surface area contributed by atoms with Gasteiger partial charge in [-0.2, -0.15) is 8.42 Å². The van der Waals surface area contributed by atoms with Gasteiger partial charge in [-0.15, -0.1) is 0 Å². The van der Waals surface area contributed by atoms with Gasteiger partial charge in [-0.1, -0.05) is 24.3 Å². The number of benzene rings is 2. The number of halogens is 1. The molecule has 0 spiro atoms. The molecule has 3 aromatic rings. The molecule has 0 bridgehead atoms. The summed E-state index contributed by atoms with van der Waals surface area (Å²) in [6.45, 7) is 1.66. The number of nitrogens with zero attached hydrogens (tertiary/aromatic N) is 1. The third-order valence-corrected chi connectivity index (χ3v) is 4.18. The van der Waals surface area contributed by atoms with E-state index < -0.39 is 16.2 Å².